The highest BCUT2D eigenvalue weighted by Crippen LogP contribution is 2.19. The van der Waals surface area contributed by atoms with E-state index < -0.39 is 0 Å². The van der Waals surface area contributed by atoms with Gasteiger partial charge in [0.1, 0.15) is 0 Å². The number of hydrogen-bond acceptors (Lipinski definition) is 5. The molecule has 0 aromatic carbocycles. The van der Waals surface area contributed by atoms with Crippen molar-refractivity contribution in [3.05, 3.63) is 34.8 Å². The van der Waals surface area contributed by atoms with E-state index in [1.807, 2.05) is 23.6 Å². The van der Waals surface area contributed by atoms with Gasteiger partial charge in [0.25, 0.3) is 0 Å². The fraction of sp³-hybridized carbons (Fsp3) is 0.333. The highest BCUT2D eigenvalue weighted by molar-refractivity contribution is 7.09. The fourth-order valence-electron chi connectivity index (χ4n) is 1.46. The van der Waals surface area contributed by atoms with Crippen LogP contribution in [-0.4, -0.2) is 34.8 Å². The third-order valence-electron chi connectivity index (χ3n) is 2.28. The SMILES string of the molecule is OCCNCCc1nc(-c2ccccn2)cs1. The van der Waals surface area contributed by atoms with Crippen LogP contribution in [0.3, 0.4) is 0 Å². The molecule has 0 aliphatic rings. The molecule has 0 saturated carbocycles. The molecule has 0 bridgehead atoms. The Bertz CT molecular complexity index is 444. The summed E-state index contributed by atoms with van der Waals surface area (Å²) in [5, 5.41) is 14.9. The highest BCUT2D eigenvalue weighted by Gasteiger charge is 2.04. The van der Waals surface area contributed by atoms with Gasteiger partial charge >= 0.3 is 0 Å². The van der Waals surface area contributed by atoms with Crippen molar-refractivity contribution in [3.8, 4) is 11.4 Å². The Hall–Kier alpha value is -1.30. The zero-order valence-electron chi connectivity index (χ0n) is 9.47. The minimum atomic E-state index is 0.178. The summed E-state index contributed by atoms with van der Waals surface area (Å²) in [6.45, 7) is 1.66. The van der Waals surface area contributed by atoms with Gasteiger partial charge in [-0.05, 0) is 12.1 Å². The maximum Gasteiger partial charge on any atom is 0.0998 e. The predicted molar refractivity (Wildman–Crippen MR) is 69.0 cm³/mol. The number of rotatable bonds is 6. The summed E-state index contributed by atoms with van der Waals surface area (Å²) in [4.78, 5) is 8.80. The number of aliphatic hydroxyl groups excluding tert-OH is 1. The lowest BCUT2D eigenvalue weighted by Gasteiger charge is -1.99. The van der Waals surface area contributed by atoms with Gasteiger partial charge in [-0.2, -0.15) is 0 Å². The summed E-state index contributed by atoms with van der Waals surface area (Å²) in [5.41, 5.74) is 1.85. The van der Waals surface area contributed by atoms with Crippen LogP contribution in [0.25, 0.3) is 11.4 Å². The van der Waals surface area contributed by atoms with Gasteiger partial charge in [-0.3, -0.25) is 4.98 Å². The van der Waals surface area contributed by atoms with Crippen LogP contribution in [0.1, 0.15) is 5.01 Å². The molecule has 0 radical (unpaired) electrons. The first-order valence-corrected chi connectivity index (χ1v) is 6.45. The smallest absolute Gasteiger partial charge is 0.0998 e. The number of aliphatic hydroxyl groups is 1. The first-order valence-electron chi connectivity index (χ1n) is 5.57. The standard InChI is InChI=1S/C12H15N3OS/c16-8-7-13-6-4-12-15-11(9-17-12)10-3-1-2-5-14-10/h1-3,5,9,13,16H,4,6-8H2. The van der Waals surface area contributed by atoms with Crippen LogP contribution in [0.5, 0.6) is 0 Å². The zero-order chi connectivity index (χ0) is 11.9. The molecule has 17 heavy (non-hydrogen) atoms. The Kier molecular flexibility index (Phi) is 4.61. The summed E-state index contributed by atoms with van der Waals surface area (Å²) in [6, 6.07) is 5.82. The van der Waals surface area contributed by atoms with Gasteiger partial charge in [-0.25, -0.2) is 4.98 Å². The van der Waals surface area contributed by atoms with Gasteiger partial charge < -0.3 is 10.4 Å². The number of nitrogens with one attached hydrogen (secondary N) is 1. The monoisotopic (exact) mass is 249 g/mol. The van der Waals surface area contributed by atoms with Crippen molar-refractivity contribution >= 4 is 11.3 Å². The Morgan fingerprint density at radius 3 is 2.94 bits per heavy atom. The van der Waals surface area contributed by atoms with Crippen LogP contribution in [0.2, 0.25) is 0 Å². The number of hydrogen-bond donors (Lipinski definition) is 2. The van der Waals surface area contributed by atoms with Gasteiger partial charge in [0.15, 0.2) is 0 Å². The summed E-state index contributed by atoms with van der Waals surface area (Å²) in [7, 11) is 0. The van der Waals surface area contributed by atoms with Crippen molar-refractivity contribution in [2.24, 2.45) is 0 Å². The average molecular weight is 249 g/mol. The van der Waals surface area contributed by atoms with Crippen molar-refractivity contribution in [2.45, 2.75) is 6.42 Å². The molecule has 2 heterocycles. The molecule has 0 atom stereocenters. The van der Waals surface area contributed by atoms with E-state index in [1.54, 1.807) is 17.5 Å². The summed E-state index contributed by atoms with van der Waals surface area (Å²) in [5.74, 6) is 0. The Morgan fingerprint density at radius 1 is 1.24 bits per heavy atom. The predicted octanol–water partition coefficient (Wildman–Crippen LogP) is 1.33. The molecule has 0 unspecified atom stereocenters. The Labute approximate surface area is 104 Å². The van der Waals surface area contributed by atoms with Gasteiger partial charge in [0.2, 0.25) is 0 Å². The van der Waals surface area contributed by atoms with E-state index in [1.165, 1.54) is 0 Å². The van der Waals surface area contributed by atoms with E-state index in [4.69, 9.17) is 5.11 Å². The lowest BCUT2D eigenvalue weighted by atomic mass is 10.3. The molecule has 0 fully saturated rings. The second-order valence-electron chi connectivity index (χ2n) is 3.57. The molecule has 0 amide bonds. The zero-order valence-corrected chi connectivity index (χ0v) is 10.3. The quantitative estimate of drug-likeness (QED) is 0.758. The molecule has 0 spiro atoms. The van der Waals surface area contributed by atoms with Gasteiger partial charge in [0.05, 0.1) is 23.0 Å². The van der Waals surface area contributed by atoms with Crippen molar-refractivity contribution < 1.29 is 5.11 Å². The lowest BCUT2D eigenvalue weighted by molar-refractivity contribution is 0.293. The number of nitrogens with zero attached hydrogens (tertiary/aromatic N) is 2. The van der Waals surface area contributed by atoms with Gasteiger partial charge in [-0.15, -0.1) is 11.3 Å². The van der Waals surface area contributed by atoms with Crippen LogP contribution in [0, 0.1) is 0 Å². The fourth-order valence-corrected chi connectivity index (χ4v) is 2.25. The van der Waals surface area contributed by atoms with E-state index in [9.17, 15) is 0 Å². The van der Waals surface area contributed by atoms with Crippen molar-refractivity contribution in [1.82, 2.24) is 15.3 Å². The van der Waals surface area contributed by atoms with Crippen molar-refractivity contribution in [2.75, 3.05) is 19.7 Å². The molecule has 0 aliphatic heterocycles. The molecule has 2 aromatic heterocycles. The van der Waals surface area contributed by atoms with E-state index in [0.717, 1.165) is 29.4 Å². The van der Waals surface area contributed by atoms with Gasteiger partial charge in [0, 0.05) is 31.1 Å². The number of thiazole rings is 1. The minimum Gasteiger partial charge on any atom is -0.395 e. The third-order valence-corrected chi connectivity index (χ3v) is 3.19. The second-order valence-corrected chi connectivity index (χ2v) is 4.51. The van der Waals surface area contributed by atoms with Gasteiger partial charge in [-0.1, -0.05) is 6.07 Å². The molecule has 2 rings (SSSR count). The van der Waals surface area contributed by atoms with E-state index in [-0.39, 0.29) is 6.61 Å². The summed E-state index contributed by atoms with van der Waals surface area (Å²) >= 11 is 1.65. The topological polar surface area (TPSA) is 58.0 Å². The largest absolute Gasteiger partial charge is 0.395 e. The van der Waals surface area contributed by atoms with Crippen LogP contribution in [-0.2, 0) is 6.42 Å². The molecule has 4 nitrogen and oxygen atoms in total. The molecular formula is C12H15N3OS. The normalized spacial score (nSPS) is 10.6. The van der Waals surface area contributed by atoms with Crippen molar-refractivity contribution in [3.63, 3.8) is 0 Å². The summed E-state index contributed by atoms with van der Waals surface area (Å²) < 4.78 is 0. The molecule has 2 aromatic rings. The van der Waals surface area contributed by atoms with Crippen LogP contribution < -0.4 is 5.32 Å². The molecule has 0 aliphatic carbocycles. The Morgan fingerprint density at radius 2 is 2.18 bits per heavy atom. The lowest BCUT2D eigenvalue weighted by Crippen LogP contribution is -2.20. The minimum absolute atomic E-state index is 0.178. The number of aromatic nitrogens is 2. The molecule has 0 saturated heterocycles. The van der Waals surface area contributed by atoms with Crippen LogP contribution in [0.15, 0.2) is 29.8 Å². The molecular weight excluding hydrogens is 234 g/mol. The van der Waals surface area contributed by atoms with E-state index in [2.05, 4.69) is 15.3 Å². The first-order chi connectivity index (χ1) is 8.40. The molecule has 2 N–H and O–H groups in total. The molecule has 90 valence electrons. The molecule has 5 heteroatoms. The van der Waals surface area contributed by atoms with Crippen LogP contribution >= 0.6 is 11.3 Å². The Balaban J connectivity index is 1.92. The van der Waals surface area contributed by atoms with E-state index in [0.29, 0.717) is 6.54 Å². The maximum absolute atomic E-state index is 8.63. The first kappa shape index (κ1) is 12.2. The second kappa shape index (κ2) is 6.44. The highest BCUT2D eigenvalue weighted by atomic mass is 32.1. The number of pyridine rings is 1. The third kappa shape index (κ3) is 3.59. The maximum atomic E-state index is 8.63. The van der Waals surface area contributed by atoms with E-state index >= 15 is 0 Å². The van der Waals surface area contributed by atoms with Crippen LogP contribution in [0.4, 0.5) is 0 Å². The summed E-state index contributed by atoms with van der Waals surface area (Å²) in [6.07, 6.45) is 2.66. The average Bonchev–Trinajstić information content (AvgIpc) is 2.85. The van der Waals surface area contributed by atoms with Crippen molar-refractivity contribution in [1.29, 1.82) is 0 Å².